The molecule has 1 fully saturated rings. The van der Waals surface area contributed by atoms with Crippen LogP contribution in [0.3, 0.4) is 0 Å². The van der Waals surface area contributed by atoms with Gasteiger partial charge in [0.1, 0.15) is 11.6 Å². The molecule has 4 heteroatoms. The lowest BCUT2D eigenvalue weighted by atomic mass is 10.2. The van der Waals surface area contributed by atoms with E-state index in [4.69, 9.17) is 10.5 Å². The largest absolute Gasteiger partial charge is 0.497 e. The third-order valence-electron chi connectivity index (χ3n) is 2.96. The van der Waals surface area contributed by atoms with E-state index < -0.39 is 0 Å². The van der Waals surface area contributed by atoms with Crippen LogP contribution < -0.4 is 10.5 Å². The van der Waals surface area contributed by atoms with E-state index in [0.29, 0.717) is 17.9 Å². The molecule has 0 saturated carbocycles. The molecule has 1 aliphatic rings. The Hall–Kier alpha value is -1.13. The number of ether oxygens (including phenoxy) is 1. The standard InChI is InChI=1S/C12H17FN2O/c1-16-11-3-2-9(12(13)6-11)7-15-5-4-10(14)8-15/h2-3,6,10H,4-5,7-8,14H2,1H3. The van der Waals surface area contributed by atoms with Crippen molar-refractivity contribution < 1.29 is 9.13 Å². The number of hydrogen-bond donors (Lipinski definition) is 1. The van der Waals surface area contributed by atoms with Gasteiger partial charge in [0, 0.05) is 37.3 Å². The molecule has 2 N–H and O–H groups in total. The monoisotopic (exact) mass is 224 g/mol. The highest BCUT2D eigenvalue weighted by Crippen LogP contribution is 2.19. The molecule has 0 amide bonds. The number of nitrogens with zero attached hydrogens (tertiary/aromatic N) is 1. The van der Waals surface area contributed by atoms with Gasteiger partial charge < -0.3 is 10.5 Å². The van der Waals surface area contributed by atoms with Crippen LogP contribution in [0.2, 0.25) is 0 Å². The first-order valence-corrected chi connectivity index (χ1v) is 5.49. The van der Waals surface area contributed by atoms with E-state index in [1.807, 2.05) is 0 Å². The smallest absolute Gasteiger partial charge is 0.131 e. The predicted octanol–water partition coefficient (Wildman–Crippen LogP) is 1.37. The molecule has 0 bridgehead atoms. The summed E-state index contributed by atoms with van der Waals surface area (Å²) in [4.78, 5) is 2.18. The summed E-state index contributed by atoms with van der Waals surface area (Å²) in [5, 5.41) is 0. The number of methoxy groups -OCH3 is 1. The van der Waals surface area contributed by atoms with Crippen molar-refractivity contribution in [3.8, 4) is 5.75 Å². The van der Waals surface area contributed by atoms with Gasteiger partial charge in [-0.05, 0) is 12.5 Å². The van der Waals surface area contributed by atoms with E-state index in [1.54, 1.807) is 12.1 Å². The molecule has 1 unspecified atom stereocenters. The molecule has 2 rings (SSSR count). The zero-order valence-corrected chi connectivity index (χ0v) is 9.45. The van der Waals surface area contributed by atoms with Gasteiger partial charge in [-0.3, -0.25) is 4.90 Å². The van der Waals surface area contributed by atoms with Crippen molar-refractivity contribution in [2.45, 2.75) is 19.0 Å². The summed E-state index contributed by atoms with van der Waals surface area (Å²) < 4.78 is 18.6. The first-order chi connectivity index (χ1) is 7.69. The molecule has 3 nitrogen and oxygen atoms in total. The fraction of sp³-hybridized carbons (Fsp3) is 0.500. The van der Waals surface area contributed by atoms with E-state index in [-0.39, 0.29) is 11.9 Å². The molecule has 1 aliphatic heterocycles. The van der Waals surface area contributed by atoms with E-state index in [0.717, 1.165) is 19.5 Å². The second-order valence-electron chi connectivity index (χ2n) is 4.24. The molecule has 1 heterocycles. The van der Waals surface area contributed by atoms with Crippen LogP contribution in [-0.4, -0.2) is 31.1 Å². The second-order valence-corrected chi connectivity index (χ2v) is 4.24. The quantitative estimate of drug-likeness (QED) is 0.842. The maximum atomic E-state index is 13.6. The van der Waals surface area contributed by atoms with Crippen LogP contribution in [0.15, 0.2) is 18.2 Å². The Morgan fingerprint density at radius 1 is 1.56 bits per heavy atom. The lowest BCUT2D eigenvalue weighted by Gasteiger charge is -2.15. The molecule has 1 aromatic rings. The van der Waals surface area contributed by atoms with E-state index in [9.17, 15) is 4.39 Å². The van der Waals surface area contributed by atoms with Gasteiger partial charge in [0.05, 0.1) is 7.11 Å². The Bertz CT molecular complexity index is 370. The van der Waals surface area contributed by atoms with Gasteiger partial charge in [-0.15, -0.1) is 0 Å². The van der Waals surface area contributed by atoms with E-state index in [1.165, 1.54) is 13.2 Å². The molecule has 1 atom stereocenters. The summed E-state index contributed by atoms with van der Waals surface area (Å²) in [5.74, 6) is 0.346. The zero-order chi connectivity index (χ0) is 11.5. The average Bonchev–Trinajstić information content (AvgIpc) is 2.67. The molecular formula is C12H17FN2O. The molecule has 0 aliphatic carbocycles. The number of nitrogens with two attached hydrogens (primary N) is 1. The normalized spacial score (nSPS) is 21.3. The van der Waals surface area contributed by atoms with Crippen LogP contribution in [0.4, 0.5) is 4.39 Å². The number of likely N-dealkylation sites (tertiary alicyclic amines) is 1. The first-order valence-electron chi connectivity index (χ1n) is 5.49. The van der Waals surface area contributed by atoms with Crippen LogP contribution in [0, 0.1) is 5.82 Å². The molecule has 0 radical (unpaired) electrons. The maximum absolute atomic E-state index is 13.6. The molecule has 0 aromatic heterocycles. The lowest BCUT2D eigenvalue weighted by Crippen LogP contribution is -2.26. The molecule has 0 spiro atoms. The Morgan fingerprint density at radius 2 is 2.38 bits per heavy atom. The van der Waals surface area contributed by atoms with Crippen molar-refractivity contribution in [2.75, 3.05) is 20.2 Å². The van der Waals surface area contributed by atoms with Crippen LogP contribution >= 0.6 is 0 Å². The van der Waals surface area contributed by atoms with Gasteiger partial charge in [-0.2, -0.15) is 0 Å². The summed E-state index contributed by atoms with van der Waals surface area (Å²) in [6.45, 7) is 2.43. The van der Waals surface area contributed by atoms with Gasteiger partial charge in [-0.1, -0.05) is 6.07 Å². The number of benzene rings is 1. The molecule has 1 saturated heterocycles. The number of hydrogen-bond acceptors (Lipinski definition) is 3. The highest BCUT2D eigenvalue weighted by Gasteiger charge is 2.19. The zero-order valence-electron chi connectivity index (χ0n) is 9.45. The van der Waals surface area contributed by atoms with Crippen LogP contribution in [-0.2, 0) is 6.54 Å². The van der Waals surface area contributed by atoms with Crippen molar-refractivity contribution in [3.05, 3.63) is 29.6 Å². The summed E-state index contributed by atoms with van der Waals surface area (Å²) >= 11 is 0. The predicted molar refractivity (Wildman–Crippen MR) is 60.8 cm³/mol. The highest BCUT2D eigenvalue weighted by molar-refractivity contribution is 5.28. The van der Waals surface area contributed by atoms with Crippen molar-refractivity contribution in [1.29, 1.82) is 0 Å². The molecular weight excluding hydrogens is 207 g/mol. The van der Waals surface area contributed by atoms with Gasteiger partial charge >= 0.3 is 0 Å². The fourth-order valence-electron chi connectivity index (χ4n) is 2.03. The summed E-state index contributed by atoms with van der Waals surface area (Å²) in [6.07, 6.45) is 0.998. The second kappa shape index (κ2) is 4.80. The SMILES string of the molecule is COc1ccc(CN2CCC(N)C2)c(F)c1. The maximum Gasteiger partial charge on any atom is 0.131 e. The minimum atomic E-state index is -0.208. The van der Waals surface area contributed by atoms with Crippen LogP contribution in [0.5, 0.6) is 5.75 Å². The fourth-order valence-corrected chi connectivity index (χ4v) is 2.03. The van der Waals surface area contributed by atoms with E-state index >= 15 is 0 Å². The van der Waals surface area contributed by atoms with Crippen LogP contribution in [0.25, 0.3) is 0 Å². The van der Waals surface area contributed by atoms with Crippen LogP contribution in [0.1, 0.15) is 12.0 Å². The number of rotatable bonds is 3. The molecule has 88 valence electrons. The molecule has 1 aromatic carbocycles. The van der Waals surface area contributed by atoms with Crippen molar-refractivity contribution >= 4 is 0 Å². The topological polar surface area (TPSA) is 38.5 Å². The van der Waals surface area contributed by atoms with Crippen molar-refractivity contribution in [2.24, 2.45) is 5.73 Å². The molecule has 16 heavy (non-hydrogen) atoms. The third kappa shape index (κ3) is 2.51. The summed E-state index contributed by atoms with van der Waals surface area (Å²) in [7, 11) is 1.54. The average molecular weight is 224 g/mol. The summed E-state index contributed by atoms with van der Waals surface area (Å²) in [5.41, 5.74) is 6.51. The van der Waals surface area contributed by atoms with Gasteiger partial charge in [-0.25, -0.2) is 4.39 Å². The minimum absolute atomic E-state index is 0.208. The first kappa shape index (κ1) is 11.4. The minimum Gasteiger partial charge on any atom is -0.497 e. The highest BCUT2D eigenvalue weighted by atomic mass is 19.1. The van der Waals surface area contributed by atoms with Crippen molar-refractivity contribution in [3.63, 3.8) is 0 Å². The lowest BCUT2D eigenvalue weighted by molar-refractivity contribution is 0.320. The Kier molecular flexibility index (Phi) is 3.41. The van der Waals surface area contributed by atoms with Gasteiger partial charge in [0.15, 0.2) is 0 Å². The Labute approximate surface area is 95.0 Å². The Morgan fingerprint density at radius 3 is 2.94 bits per heavy atom. The summed E-state index contributed by atoms with van der Waals surface area (Å²) in [6, 6.07) is 5.22. The van der Waals surface area contributed by atoms with Crippen molar-refractivity contribution in [1.82, 2.24) is 4.90 Å². The Balaban J connectivity index is 2.04. The van der Waals surface area contributed by atoms with Gasteiger partial charge in [0.25, 0.3) is 0 Å². The van der Waals surface area contributed by atoms with Gasteiger partial charge in [0.2, 0.25) is 0 Å². The number of halogens is 1. The van der Waals surface area contributed by atoms with E-state index in [2.05, 4.69) is 4.90 Å². The third-order valence-corrected chi connectivity index (χ3v) is 2.96.